The van der Waals surface area contributed by atoms with Gasteiger partial charge in [-0.15, -0.1) is 0 Å². The van der Waals surface area contributed by atoms with Crippen molar-refractivity contribution in [2.24, 2.45) is 5.92 Å². The summed E-state index contributed by atoms with van der Waals surface area (Å²) < 4.78 is 63.3. The van der Waals surface area contributed by atoms with E-state index >= 15 is 0 Å². The Balaban J connectivity index is 2.08. The van der Waals surface area contributed by atoms with E-state index in [9.17, 15) is 21.4 Å². The Morgan fingerprint density at radius 3 is 1.96 bits per heavy atom. The summed E-state index contributed by atoms with van der Waals surface area (Å²) >= 11 is 0. The van der Waals surface area contributed by atoms with E-state index < -0.39 is 31.8 Å². The highest BCUT2D eigenvalue weighted by Crippen LogP contribution is 2.14. The van der Waals surface area contributed by atoms with E-state index in [0.29, 0.717) is 0 Å². The van der Waals surface area contributed by atoms with Crippen molar-refractivity contribution in [3.8, 4) is 0 Å². The van der Waals surface area contributed by atoms with E-state index in [1.807, 2.05) is 36.4 Å². The zero-order valence-corrected chi connectivity index (χ0v) is 17.3. The van der Waals surface area contributed by atoms with Crippen LogP contribution in [0.25, 0.3) is 0 Å². The maximum absolute atomic E-state index is 12.2. The first kappa shape index (κ1) is 22.5. The molecule has 0 aliphatic rings. The van der Waals surface area contributed by atoms with Gasteiger partial charge in [-0.3, -0.25) is 4.55 Å². The summed E-state index contributed by atoms with van der Waals surface area (Å²) in [7, 11) is -7.87. The molecule has 0 amide bonds. The highest BCUT2D eigenvalue weighted by atomic mass is 32.2. The smallest absolute Gasteiger partial charge is 0.265 e. The molecular formula is C19H25NO6S2. The van der Waals surface area contributed by atoms with E-state index in [-0.39, 0.29) is 26.3 Å². The van der Waals surface area contributed by atoms with Crippen LogP contribution in [0.2, 0.25) is 0 Å². The molecule has 1 unspecified atom stereocenters. The van der Waals surface area contributed by atoms with Gasteiger partial charge in [0.05, 0.1) is 25.2 Å². The third-order valence-electron chi connectivity index (χ3n) is 4.04. The van der Waals surface area contributed by atoms with Gasteiger partial charge in [0.2, 0.25) is 10.0 Å². The Kier molecular flexibility index (Phi) is 8.14. The monoisotopic (exact) mass is 427 g/mol. The average Bonchev–Trinajstić information content (AvgIpc) is 2.61. The van der Waals surface area contributed by atoms with Crippen molar-refractivity contribution in [3.05, 3.63) is 71.8 Å². The molecule has 2 rings (SSSR count). The molecule has 2 aromatic carbocycles. The van der Waals surface area contributed by atoms with Crippen molar-refractivity contribution in [2.45, 2.75) is 13.2 Å². The van der Waals surface area contributed by atoms with Crippen LogP contribution in [0, 0.1) is 5.92 Å². The van der Waals surface area contributed by atoms with Crippen LogP contribution in [-0.2, 0) is 38.0 Å². The van der Waals surface area contributed by atoms with Crippen LogP contribution in [0.3, 0.4) is 0 Å². The van der Waals surface area contributed by atoms with Gasteiger partial charge < -0.3 is 4.74 Å². The lowest BCUT2D eigenvalue weighted by Crippen LogP contribution is -2.38. The molecule has 0 aliphatic carbocycles. The van der Waals surface area contributed by atoms with Crippen molar-refractivity contribution < 1.29 is 26.1 Å². The lowest BCUT2D eigenvalue weighted by atomic mass is 10.1. The van der Waals surface area contributed by atoms with Gasteiger partial charge >= 0.3 is 0 Å². The summed E-state index contributed by atoms with van der Waals surface area (Å²) in [4.78, 5) is 0. The molecule has 0 saturated carbocycles. The molecule has 7 nitrogen and oxygen atoms in total. The SMILES string of the molecule is CS(=O)(=O)N(Cc1ccccc1)CC(COCc1ccccc1)CS(=O)(=O)O. The molecule has 154 valence electrons. The van der Waals surface area contributed by atoms with Crippen LogP contribution < -0.4 is 0 Å². The van der Waals surface area contributed by atoms with Crippen LogP contribution in [0.5, 0.6) is 0 Å². The van der Waals surface area contributed by atoms with E-state index in [1.165, 1.54) is 4.31 Å². The van der Waals surface area contributed by atoms with E-state index in [4.69, 9.17) is 4.74 Å². The highest BCUT2D eigenvalue weighted by Gasteiger charge is 2.25. The van der Waals surface area contributed by atoms with Gasteiger partial charge in [0.25, 0.3) is 10.1 Å². The Morgan fingerprint density at radius 1 is 0.929 bits per heavy atom. The quantitative estimate of drug-likeness (QED) is 0.552. The van der Waals surface area contributed by atoms with E-state index in [0.717, 1.165) is 17.4 Å². The molecule has 2 aromatic rings. The highest BCUT2D eigenvalue weighted by molar-refractivity contribution is 7.88. The first-order chi connectivity index (χ1) is 13.1. The minimum atomic E-state index is -4.28. The van der Waals surface area contributed by atoms with Crippen molar-refractivity contribution in [2.75, 3.05) is 25.2 Å². The fraction of sp³-hybridized carbons (Fsp3) is 0.368. The first-order valence-corrected chi connectivity index (χ1v) is 12.1. The topological polar surface area (TPSA) is 101 Å². The zero-order chi connectivity index (χ0) is 20.6. The molecule has 0 radical (unpaired) electrons. The summed E-state index contributed by atoms with van der Waals surface area (Å²) in [5.74, 6) is -1.29. The van der Waals surface area contributed by atoms with Crippen LogP contribution in [0.15, 0.2) is 60.7 Å². The number of rotatable bonds is 11. The number of ether oxygens (including phenoxy) is 1. The number of hydrogen-bond donors (Lipinski definition) is 1. The lowest BCUT2D eigenvalue weighted by molar-refractivity contribution is 0.0857. The molecule has 0 bridgehead atoms. The van der Waals surface area contributed by atoms with Crippen molar-refractivity contribution in [3.63, 3.8) is 0 Å². The average molecular weight is 428 g/mol. The summed E-state index contributed by atoms with van der Waals surface area (Å²) in [6.45, 7) is 0.290. The number of benzene rings is 2. The maximum Gasteiger partial charge on any atom is 0.265 e. The molecule has 0 fully saturated rings. The normalized spacial score (nSPS) is 13.5. The minimum absolute atomic E-state index is 0.00447. The van der Waals surface area contributed by atoms with Crippen molar-refractivity contribution in [1.82, 2.24) is 4.31 Å². The standard InChI is InChI=1S/C19H25NO6S2/c1-27(21,22)20(12-17-8-4-2-5-9-17)13-19(16-28(23,24)25)15-26-14-18-10-6-3-7-11-18/h2-11,19H,12-16H2,1H3,(H,23,24,25). The Hall–Kier alpha value is -1.78. The summed E-state index contributed by atoms with van der Waals surface area (Å²) in [5, 5.41) is 0. The van der Waals surface area contributed by atoms with E-state index in [1.54, 1.807) is 24.3 Å². The van der Waals surface area contributed by atoms with Gasteiger partial charge in [0.15, 0.2) is 0 Å². The molecular weight excluding hydrogens is 402 g/mol. The van der Waals surface area contributed by atoms with Crippen molar-refractivity contribution >= 4 is 20.1 Å². The van der Waals surface area contributed by atoms with E-state index in [2.05, 4.69) is 0 Å². The molecule has 28 heavy (non-hydrogen) atoms. The predicted octanol–water partition coefficient (Wildman–Crippen LogP) is 2.17. The third-order valence-corrected chi connectivity index (χ3v) is 6.15. The fourth-order valence-electron chi connectivity index (χ4n) is 2.76. The van der Waals surface area contributed by atoms with Crippen molar-refractivity contribution in [1.29, 1.82) is 0 Å². The molecule has 0 heterocycles. The lowest BCUT2D eigenvalue weighted by Gasteiger charge is -2.25. The van der Waals surface area contributed by atoms with Crippen LogP contribution in [0.4, 0.5) is 0 Å². The summed E-state index contributed by atoms with van der Waals surface area (Å²) in [5.41, 5.74) is 1.70. The summed E-state index contributed by atoms with van der Waals surface area (Å²) in [6.07, 6.45) is 1.07. The van der Waals surface area contributed by atoms with Gasteiger partial charge in [-0.2, -0.15) is 12.7 Å². The second kappa shape index (κ2) is 10.1. The number of hydrogen-bond acceptors (Lipinski definition) is 5. The molecule has 0 saturated heterocycles. The molecule has 0 aliphatic heterocycles. The summed E-state index contributed by atoms with van der Waals surface area (Å²) in [6, 6.07) is 18.4. The Bertz CT molecular complexity index is 931. The second-order valence-electron chi connectivity index (χ2n) is 6.66. The van der Waals surface area contributed by atoms with Gasteiger partial charge in [-0.05, 0) is 11.1 Å². The van der Waals surface area contributed by atoms with Gasteiger partial charge in [-0.1, -0.05) is 60.7 Å². The number of sulfonamides is 1. The van der Waals surface area contributed by atoms with Gasteiger partial charge in [0, 0.05) is 19.0 Å². The Morgan fingerprint density at radius 2 is 1.46 bits per heavy atom. The maximum atomic E-state index is 12.2. The van der Waals surface area contributed by atoms with Crippen LogP contribution in [-0.4, -0.2) is 50.9 Å². The molecule has 0 spiro atoms. The van der Waals surface area contributed by atoms with Crippen LogP contribution >= 0.6 is 0 Å². The van der Waals surface area contributed by atoms with Gasteiger partial charge in [-0.25, -0.2) is 8.42 Å². The second-order valence-corrected chi connectivity index (χ2v) is 10.1. The largest absolute Gasteiger partial charge is 0.376 e. The van der Waals surface area contributed by atoms with Gasteiger partial charge in [0.1, 0.15) is 0 Å². The third kappa shape index (κ3) is 8.49. The fourth-order valence-corrected chi connectivity index (χ4v) is 4.42. The predicted molar refractivity (Wildman–Crippen MR) is 108 cm³/mol. The minimum Gasteiger partial charge on any atom is -0.376 e. The molecule has 1 atom stereocenters. The zero-order valence-electron chi connectivity index (χ0n) is 15.6. The first-order valence-electron chi connectivity index (χ1n) is 8.69. The molecule has 0 aromatic heterocycles. The van der Waals surface area contributed by atoms with Crippen LogP contribution in [0.1, 0.15) is 11.1 Å². The Labute approximate surface area is 166 Å². The molecule has 1 N–H and O–H groups in total. The molecule has 9 heteroatoms. The number of nitrogens with zero attached hydrogens (tertiary/aromatic N) is 1.